The maximum absolute atomic E-state index is 12.0. The molecular formula is C17H21N3O3S. The van der Waals surface area contributed by atoms with Crippen LogP contribution in [-0.2, 0) is 11.3 Å². The summed E-state index contributed by atoms with van der Waals surface area (Å²) in [6.45, 7) is 3.03. The van der Waals surface area contributed by atoms with E-state index in [1.165, 1.54) is 24.2 Å². The van der Waals surface area contributed by atoms with Crippen molar-refractivity contribution in [2.75, 3.05) is 32.1 Å². The number of methoxy groups -OCH3 is 1. The number of nitrogens with one attached hydrogen (secondary N) is 1. The zero-order valence-corrected chi connectivity index (χ0v) is 14.5. The molecule has 2 aromatic rings. The lowest BCUT2D eigenvalue weighted by molar-refractivity contribution is -0.118. The van der Waals surface area contributed by atoms with Crippen LogP contribution >= 0.6 is 11.3 Å². The van der Waals surface area contributed by atoms with Gasteiger partial charge < -0.3 is 9.47 Å². The molecule has 1 aromatic heterocycles. The van der Waals surface area contributed by atoms with Crippen molar-refractivity contribution in [3.8, 4) is 11.5 Å². The van der Waals surface area contributed by atoms with Crippen molar-refractivity contribution in [3.05, 3.63) is 35.3 Å². The van der Waals surface area contributed by atoms with E-state index < -0.39 is 0 Å². The van der Waals surface area contributed by atoms with Crippen molar-refractivity contribution in [2.45, 2.75) is 19.4 Å². The average Bonchev–Trinajstić information content (AvgIpc) is 3.26. The van der Waals surface area contributed by atoms with E-state index in [0.29, 0.717) is 16.6 Å². The summed E-state index contributed by atoms with van der Waals surface area (Å²) in [6, 6.07) is 7.24. The van der Waals surface area contributed by atoms with Gasteiger partial charge in [-0.1, -0.05) is 12.1 Å². The molecule has 0 spiro atoms. The van der Waals surface area contributed by atoms with Crippen molar-refractivity contribution < 1.29 is 14.3 Å². The third kappa shape index (κ3) is 4.46. The Hall–Kier alpha value is -2.12. The molecule has 0 atom stereocenters. The number of nitrogens with zero attached hydrogens (tertiary/aromatic N) is 2. The molecule has 0 bridgehead atoms. The van der Waals surface area contributed by atoms with Crippen molar-refractivity contribution in [2.24, 2.45) is 0 Å². The highest BCUT2D eigenvalue weighted by Gasteiger charge is 2.14. The van der Waals surface area contributed by atoms with E-state index in [1.807, 2.05) is 17.5 Å². The Balaban J connectivity index is 1.49. The lowest BCUT2D eigenvalue weighted by Crippen LogP contribution is -2.21. The number of anilines is 1. The minimum atomic E-state index is -0.233. The van der Waals surface area contributed by atoms with Crippen LogP contribution in [0, 0.1) is 0 Å². The summed E-state index contributed by atoms with van der Waals surface area (Å²) in [4.78, 5) is 18.9. The minimum absolute atomic E-state index is 0.0819. The molecule has 1 aliphatic heterocycles. The zero-order valence-electron chi connectivity index (χ0n) is 13.7. The number of para-hydroxylation sites is 2. The highest BCUT2D eigenvalue weighted by Crippen LogP contribution is 2.25. The molecule has 24 heavy (non-hydrogen) atoms. The monoisotopic (exact) mass is 347 g/mol. The summed E-state index contributed by atoms with van der Waals surface area (Å²) in [5.74, 6) is 0.916. The van der Waals surface area contributed by atoms with Crippen LogP contribution in [0.5, 0.6) is 11.5 Å². The molecule has 0 unspecified atom stereocenters. The first-order valence-electron chi connectivity index (χ1n) is 7.97. The molecule has 0 aliphatic carbocycles. The van der Waals surface area contributed by atoms with E-state index in [4.69, 9.17) is 9.47 Å². The number of aromatic nitrogens is 1. The van der Waals surface area contributed by atoms with E-state index in [0.717, 1.165) is 25.3 Å². The third-order valence-corrected chi connectivity index (χ3v) is 4.62. The van der Waals surface area contributed by atoms with Crippen molar-refractivity contribution >= 4 is 22.4 Å². The van der Waals surface area contributed by atoms with Gasteiger partial charge in [-0.05, 0) is 38.1 Å². The molecule has 0 saturated carbocycles. The fourth-order valence-electron chi connectivity index (χ4n) is 2.64. The first-order valence-corrected chi connectivity index (χ1v) is 8.85. The molecule has 0 radical (unpaired) electrons. The SMILES string of the molecule is COc1ccccc1OCC(=O)Nc1nc(CN2CCCC2)cs1. The highest BCUT2D eigenvalue weighted by molar-refractivity contribution is 7.13. The Morgan fingerprint density at radius 3 is 2.79 bits per heavy atom. The van der Waals surface area contributed by atoms with Crippen LogP contribution in [0.3, 0.4) is 0 Å². The molecule has 1 aliphatic rings. The summed E-state index contributed by atoms with van der Waals surface area (Å²) < 4.78 is 10.7. The van der Waals surface area contributed by atoms with Gasteiger partial charge in [0, 0.05) is 11.9 Å². The molecule has 2 heterocycles. The zero-order chi connectivity index (χ0) is 16.8. The predicted molar refractivity (Wildman–Crippen MR) is 93.7 cm³/mol. The van der Waals surface area contributed by atoms with Crippen LogP contribution in [0.1, 0.15) is 18.5 Å². The van der Waals surface area contributed by atoms with Crippen molar-refractivity contribution in [1.82, 2.24) is 9.88 Å². The molecule has 6 nitrogen and oxygen atoms in total. The Kier molecular flexibility index (Phi) is 5.66. The van der Waals surface area contributed by atoms with Crippen LogP contribution in [0.2, 0.25) is 0 Å². The Bertz CT molecular complexity index is 683. The minimum Gasteiger partial charge on any atom is -0.493 e. The normalized spacial score (nSPS) is 14.5. The highest BCUT2D eigenvalue weighted by atomic mass is 32.1. The number of benzene rings is 1. The molecule has 1 amide bonds. The van der Waals surface area contributed by atoms with E-state index in [9.17, 15) is 4.79 Å². The van der Waals surface area contributed by atoms with Crippen molar-refractivity contribution in [3.63, 3.8) is 0 Å². The number of ether oxygens (including phenoxy) is 2. The molecular weight excluding hydrogens is 326 g/mol. The number of amides is 1. The van der Waals surface area contributed by atoms with Gasteiger partial charge in [-0.3, -0.25) is 15.0 Å². The summed E-state index contributed by atoms with van der Waals surface area (Å²) in [6.07, 6.45) is 2.52. The molecule has 7 heteroatoms. The van der Waals surface area contributed by atoms with Gasteiger partial charge in [0.2, 0.25) is 0 Å². The van der Waals surface area contributed by atoms with E-state index >= 15 is 0 Å². The number of hydrogen-bond acceptors (Lipinski definition) is 6. The van der Waals surface area contributed by atoms with Crippen molar-refractivity contribution in [1.29, 1.82) is 0 Å². The standard InChI is InChI=1S/C17H21N3O3S/c1-22-14-6-2-3-7-15(14)23-11-16(21)19-17-18-13(12-24-17)10-20-8-4-5-9-20/h2-3,6-7,12H,4-5,8-11H2,1H3,(H,18,19,21). The second kappa shape index (κ2) is 8.12. The number of rotatable bonds is 7. The predicted octanol–water partition coefficient (Wildman–Crippen LogP) is 2.77. The van der Waals surface area contributed by atoms with E-state index in [1.54, 1.807) is 19.2 Å². The van der Waals surface area contributed by atoms with Crippen LogP contribution in [0.15, 0.2) is 29.6 Å². The lowest BCUT2D eigenvalue weighted by atomic mass is 10.3. The first kappa shape index (κ1) is 16.7. The molecule has 3 rings (SSSR count). The fourth-order valence-corrected chi connectivity index (χ4v) is 3.36. The van der Waals surface area contributed by atoms with Crippen LogP contribution in [-0.4, -0.2) is 42.6 Å². The molecule has 1 aromatic carbocycles. The summed E-state index contributed by atoms with van der Waals surface area (Å²) in [7, 11) is 1.57. The van der Waals surface area contributed by atoms with Gasteiger partial charge in [-0.2, -0.15) is 0 Å². The number of hydrogen-bond donors (Lipinski definition) is 1. The summed E-state index contributed by atoms with van der Waals surface area (Å²) >= 11 is 1.44. The number of thiazole rings is 1. The van der Waals surface area contributed by atoms with Gasteiger partial charge in [0.15, 0.2) is 23.2 Å². The van der Waals surface area contributed by atoms with Gasteiger partial charge in [-0.15, -0.1) is 11.3 Å². The Morgan fingerprint density at radius 1 is 1.29 bits per heavy atom. The smallest absolute Gasteiger partial charge is 0.264 e. The summed E-state index contributed by atoms with van der Waals surface area (Å²) in [5, 5.41) is 5.38. The van der Waals surface area contributed by atoms with Gasteiger partial charge in [0.25, 0.3) is 5.91 Å². The number of likely N-dealkylation sites (tertiary alicyclic amines) is 1. The van der Waals surface area contributed by atoms with Gasteiger partial charge in [0.1, 0.15) is 0 Å². The van der Waals surface area contributed by atoms with E-state index in [-0.39, 0.29) is 12.5 Å². The van der Waals surface area contributed by atoms with Gasteiger partial charge >= 0.3 is 0 Å². The Morgan fingerprint density at radius 2 is 2.04 bits per heavy atom. The molecule has 1 saturated heterocycles. The van der Waals surface area contributed by atoms with Crippen LogP contribution in [0.25, 0.3) is 0 Å². The number of carbonyl (C=O) groups excluding carboxylic acids is 1. The van der Waals surface area contributed by atoms with Crippen LogP contribution in [0.4, 0.5) is 5.13 Å². The second-order valence-electron chi connectivity index (χ2n) is 5.61. The largest absolute Gasteiger partial charge is 0.493 e. The maximum Gasteiger partial charge on any atom is 0.264 e. The second-order valence-corrected chi connectivity index (χ2v) is 6.47. The van der Waals surface area contributed by atoms with Crippen LogP contribution < -0.4 is 14.8 Å². The average molecular weight is 347 g/mol. The molecule has 1 fully saturated rings. The quantitative estimate of drug-likeness (QED) is 0.834. The molecule has 1 N–H and O–H groups in total. The fraction of sp³-hybridized carbons (Fsp3) is 0.412. The first-order chi connectivity index (χ1) is 11.7. The maximum atomic E-state index is 12.0. The topological polar surface area (TPSA) is 63.7 Å². The lowest BCUT2D eigenvalue weighted by Gasteiger charge is -2.11. The summed E-state index contributed by atoms with van der Waals surface area (Å²) in [5.41, 5.74) is 1.00. The van der Waals surface area contributed by atoms with E-state index in [2.05, 4.69) is 15.2 Å². The third-order valence-electron chi connectivity index (χ3n) is 3.81. The molecule has 128 valence electrons. The van der Waals surface area contributed by atoms with Gasteiger partial charge in [0.05, 0.1) is 12.8 Å². The Labute approximate surface area is 145 Å². The number of carbonyl (C=O) groups is 1. The van der Waals surface area contributed by atoms with Gasteiger partial charge in [-0.25, -0.2) is 4.98 Å².